The Morgan fingerprint density at radius 1 is 1.22 bits per heavy atom. The summed E-state index contributed by atoms with van der Waals surface area (Å²) < 4.78 is 0. The first-order valence-electron chi connectivity index (χ1n) is 6.87. The molecular formula is C14H13N5O3S. The summed E-state index contributed by atoms with van der Waals surface area (Å²) in [6, 6.07) is 3.12. The molecule has 1 aliphatic carbocycles. The Labute approximate surface area is 135 Å². The predicted octanol–water partition coefficient (Wildman–Crippen LogP) is 0.781. The quantitative estimate of drug-likeness (QED) is 0.746. The van der Waals surface area contributed by atoms with E-state index < -0.39 is 11.8 Å². The van der Waals surface area contributed by atoms with Gasteiger partial charge in [-0.3, -0.25) is 24.7 Å². The second-order valence-corrected chi connectivity index (χ2v) is 6.06. The first-order chi connectivity index (χ1) is 11.0. The van der Waals surface area contributed by atoms with Gasteiger partial charge in [-0.2, -0.15) is 0 Å². The second-order valence-electron chi connectivity index (χ2n) is 5.03. The molecule has 1 aliphatic rings. The number of pyridine rings is 1. The molecule has 2 aromatic rings. The average Bonchev–Trinajstić information content (AvgIpc) is 3.22. The van der Waals surface area contributed by atoms with Gasteiger partial charge in [-0.1, -0.05) is 11.3 Å². The Morgan fingerprint density at radius 2 is 2.00 bits per heavy atom. The first-order valence-corrected chi connectivity index (χ1v) is 7.68. The fourth-order valence-corrected chi connectivity index (χ4v) is 2.46. The normalized spacial score (nSPS) is 13.4. The van der Waals surface area contributed by atoms with E-state index in [-0.39, 0.29) is 33.2 Å². The Kier molecular flexibility index (Phi) is 4.02. The van der Waals surface area contributed by atoms with E-state index in [1.165, 1.54) is 24.5 Å². The van der Waals surface area contributed by atoms with Crippen LogP contribution >= 0.6 is 11.3 Å². The van der Waals surface area contributed by atoms with Crippen LogP contribution in [0, 0.1) is 0 Å². The highest BCUT2D eigenvalue weighted by Crippen LogP contribution is 2.20. The second kappa shape index (κ2) is 6.13. The Bertz CT molecular complexity index is 784. The Hall–Kier alpha value is -2.81. The van der Waals surface area contributed by atoms with Crippen molar-refractivity contribution in [1.29, 1.82) is 0 Å². The van der Waals surface area contributed by atoms with Crippen LogP contribution in [0.5, 0.6) is 0 Å². The standard InChI is InChI=1S/C14H13N5O3S/c15-11(20)10-6-17-14(23-10)19-12(21)7-3-4-16-9(5-7)13(22)18-8-1-2-8/h3-6,8H,1-2H2,(H2,15,20)(H,18,22)(H,17,19,21). The number of amides is 3. The third kappa shape index (κ3) is 3.69. The number of anilines is 1. The number of carbonyl (C=O) groups excluding carboxylic acids is 3. The van der Waals surface area contributed by atoms with Crippen LogP contribution in [0.1, 0.15) is 43.4 Å². The summed E-state index contributed by atoms with van der Waals surface area (Å²) in [6.07, 6.45) is 4.63. The number of aromatic nitrogens is 2. The molecule has 0 atom stereocenters. The highest BCUT2D eigenvalue weighted by Gasteiger charge is 2.24. The van der Waals surface area contributed by atoms with Gasteiger partial charge in [-0.25, -0.2) is 4.98 Å². The van der Waals surface area contributed by atoms with Gasteiger partial charge < -0.3 is 11.1 Å². The van der Waals surface area contributed by atoms with Gasteiger partial charge in [0.2, 0.25) is 0 Å². The lowest BCUT2D eigenvalue weighted by Crippen LogP contribution is -2.26. The minimum absolute atomic E-state index is 0.182. The topological polar surface area (TPSA) is 127 Å². The molecule has 9 heteroatoms. The summed E-state index contributed by atoms with van der Waals surface area (Å²) in [7, 11) is 0. The number of hydrogen-bond acceptors (Lipinski definition) is 6. The van der Waals surface area contributed by atoms with Crippen LogP contribution in [0.3, 0.4) is 0 Å². The highest BCUT2D eigenvalue weighted by atomic mass is 32.1. The van der Waals surface area contributed by atoms with Crippen molar-refractivity contribution >= 4 is 34.2 Å². The molecule has 0 aliphatic heterocycles. The summed E-state index contributed by atoms with van der Waals surface area (Å²) in [5.41, 5.74) is 5.59. The molecule has 3 amide bonds. The van der Waals surface area contributed by atoms with Crippen molar-refractivity contribution in [3.8, 4) is 0 Å². The number of nitrogens with two attached hydrogens (primary N) is 1. The van der Waals surface area contributed by atoms with Gasteiger partial charge in [0.15, 0.2) is 5.13 Å². The van der Waals surface area contributed by atoms with Crippen molar-refractivity contribution in [2.75, 3.05) is 5.32 Å². The summed E-state index contributed by atoms with van der Waals surface area (Å²) >= 11 is 0.979. The largest absolute Gasteiger partial charge is 0.365 e. The van der Waals surface area contributed by atoms with Gasteiger partial charge in [0, 0.05) is 17.8 Å². The number of thiazole rings is 1. The zero-order valence-electron chi connectivity index (χ0n) is 11.9. The summed E-state index contributed by atoms with van der Waals surface area (Å²) in [5, 5.41) is 5.62. The molecule has 23 heavy (non-hydrogen) atoms. The number of primary amides is 1. The smallest absolute Gasteiger partial charge is 0.270 e. The van der Waals surface area contributed by atoms with Crippen LogP contribution in [0.2, 0.25) is 0 Å². The number of rotatable bonds is 5. The van der Waals surface area contributed by atoms with Gasteiger partial charge in [-0.15, -0.1) is 0 Å². The van der Waals surface area contributed by atoms with Gasteiger partial charge in [0.1, 0.15) is 10.6 Å². The van der Waals surface area contributed by atoms with Crippen LogP contribution in [-0.2, 0) is 0 Å². The van der Waals surface area contributed by atoms with Gasteiger partial charge in [-0.05, 0) is 25.0 Å². The monoisotopic (exact) mass is 331 g/mol. The van der Waals surface area contributed by atoms with Crippen LogP contribution in [0.15, 0.2) is 24.5 Å². The predicted molar refractivity (Wildman–Crippen MR) is 83.3 cm³/mol. The van der Waals surface area contributed by atoms with E-state index in [1.54, 1.807) is 0 Å². The number of carbonyl (C=O) groups is 3. The summed E-state index contributed by atoms with van der Waals surface area (Å²) in [4.78, 5) is 43.3. The molecule has 1 saturated carbocycles. The van der Waals surface area contributed by atoms with Crippen LogP contribution in [0.25, 0.3) is 0 Å². The first kappa shape index (κ1) is 15.1. The molecule has 3 rings (SSSR count). The molecule has 2 aromatic heterocycles. The maximum absolute atomic E-state index is 12.2. The Morgan fingerprint density at radius 3 is 2.65 bits per heavy atom. The van der Waals surface area contributed by atoms with E-state index in [0.717, 1.165) is 24.2 Å². The molecule has 118 valence electrons. The fourth-order valence-electron chi connectivity index (χ4n) is 1.80. The van der Waals surface area contributed by atoms with E-state index in [0.29, 0.717) is 0 Å². The van der Waals surface area contributed by atoms with Crippen molar-refractivity contribution in [2.24, 2.45) is 5.73 Å². The number of hydrogen-bond donors (Lipinski definition) is 3. The van der Waals surface area contributed by atoms with Gasteiger partial charge in [0.05, 0.1) is 6.20 Å². The van der Waals surface area contributed by atoms with Crippen molar-refractivity contribution in [1.82, 2.24) is 15.3 Å². The van der Waals surface area contributed by atoms with Gasteiger partial charge >= 0.3 is 0 Å². The molecule has 2 heterocycles. The molecule has 0 bridgehead atoms. The van der Waals surface area contributed by atoms with Crippen LogP contribution < -0.4 is 16.4 Å². The highest BCUT2D eigenvalue weighted by molar-refractivity contribution is 7.17. The van der Waals surface area contributed by atoms with Crippen molar-refractivity contribution in [3.63, 3.8) is 0 Å². The maximum Gasteiger partial charge on any atom is 0.270 e. The fraction of sp³-hybridized carbons (Fsp3) is 0.214. The third-order valence-electron chi connectivity index (χ3n) is 3.14. The minimum atomic E-state index is -0.606. The molecule has 0 spiro atoms. The van der Waals surface area contributed by atoms with Crippen molar-refractivity contribution in [2.45, 2.75) is 18.9 Å². The lowest BCUT2D eigenvalue weighted by Gasteiger charge is -2.05. The third-order valence-corrected chi connectivity index (χ3v) is 4.06. The van der Waals surface area contributed by atoms with Gasteiger partial charge in [0.25, 0.3) is 17.7 Å². The zero-order chi connectivity index (χ0) is 16.4. The summed E-state index contributed by atoms with van der Waals surface area (Å²) in [6.45, 7) is 0. The lowest BCUT2D eigenvalue weighted by molar-refractivity contribution is 0.0945. The summed E-state index contributed by atoms with van der Waals surface area (Å²) in [5.74, 6) is -1.35. The molecule has 8 nitrogen and oxygen atoms in total. The Balaban J connectivity index is 1.70. The molecule has 4 N–H and O–H groups in total. The average molecular weight is 331 g/mol. The molecule has 0 radical (unpaired) electrons. The maximum atomic E-state index is 12.2. The lowest BCUT2D eigenvalue weighted by atomic mass is 10.2. The SMILES string of the molecule is NC(=O)c1cnc(NC(=O)c2ccnc(C(=O)NC3CC3)c2)s1. The van der Waals surface area contributed by atoms with E-state index in [4.69, 9.17) is 5.73 Å². The van der Waals surface area contributed by atoms with E-state index in [9.17, 15) is 14.4 Å². The molecule has 0 saturated heterocycles. The van der Waals surface area contributed by atoms with E-state index >= 15 is 0 Å². The van der Waals surface area contributed by atoms with E-state index in [1.807, 2.05) is 0 Å². The molecule has 1 fully saturated rings. The number of nitrogens with one attached hydrogen (secondary N) is 2. The van der Waals surface area contributed by atoms with Crippen LogP contribution in [-0.4, -0.2) is 33.7 Å². The van der Waals surface area contributed by atoms with Crippen LogP contribution in [0.4, 0.5) is 5.13 Å². The molecule has 0 aromatic carbocycles. The van der Waals surface area contributed by atoms with Crippen molar-refractivity contribution < 1.29 is 14.4 Å². The molecule has 0 unspecified atom stereocenters. The van der Waals surface area contributed by atoms with E-state index in [2.05, 4.69) is 20.6 Å². The van der Waals surface area contributed by atoms with Crippen molar-refractivity contribution in [3.05, 3.63) is 40.7 Å². The zero-order valence-corrected chi connectivity index (χ0v) is 12.7. The minimum Gasteiger partial charge on any atom is -0.365 e. The number of nitrogens with zero attached hydrogens (tertiary/aromatic N) is 2. The molecular weight excluding hydrogens is 318 g/mol.